The number of hydrogen-bond donors (Lipinski definition) is 1. The molecule has 1 heterocycles. The maximum Gasteiger partial charge on any atom is 0.183 e. The van der Waals surface area contributed by atoms with Gasteiger partial charge in [-0.1, -0.05) is 6.92 Å². The summed E-state index contributed by atoms with van der Waals surface area (Å²) in [5.41, 5.74) is 0. The van der Waals surface area contributed by atoms with Crippen LogP contribution in [0.3, 0.4) is 0 Å². The lowest BCUT2D eigenvalue weighted by molar-refractivity contribution is 0.684. The van der Waals surface area contributed by atoms with Crippen molar-refractivity contribution in [3.8, 4) is 0 Å². The highest BCUT2D eigenvalue weighted by atomic mass is 79.9. The van der Waals surface area contributed by atoms with Gasteiger partial charge in [-0.2, -0.15) is 0 Å². The van der Waals surface area contributed by atoms with Gasteiger partial charge in [0.05, 0.1) is 0 Å². The van der Waals surface area contributed by atoms with E-state index in [2.05, 4.69) is 26.2 Å². The Morgan fingerprint density at radius 3 is 3.08 bits per heavy atom. The fourth-order valence-electron chi connectivity index (χ4n) is 0.751. The van der Waals surface area contributed by atoms with Gasteiger partial charge in [0.15, 0.2) is 5.13 Å². The molecule has 6 heteroatoms. The van der Waals surface area contributed by atoms with Gasteiger partial charge in [-0.05, 0) is 15.9 Å². The summed E-state index contributed by atoms with van der Waals surface area (Å²) in [5, 5.41) is 5.91. The fourth-order valence-corrected chi connectivity index (χ4v) is 2.54. The van der Waals surface area contributed by atoms with Crippen LogP contribution in [0.25, 0.3) is 0 Å². The Morgan fingerprint density at radius 2 is 2.54 bits per heavy atom. The largest absolute Gasteiger partial charge is 0.361 e. The van der Waals surface area contributed by atoms with E-state index in [0.29, 0.717) is 5.75 Å². The van der Waals surface area contributed by atoms with E-state index in [1.54, 1.807) is 11.3 Å². The highest BCUT2D eigenvalue weighted by molar-refractivity contribution is 9.10. The van der Waals surface area contributed by atoms with Crippen LogP contribution in [0.15, 0.2) is 9.98 Å². The summed E-state index contributed by atoms with van der Waals surface area (Å²) in [6.07, 6.45) is 0. The minimum Gasteiger partial charge on any atom is -0.361 e. The van der Waals surface area contributed by atoms with Crippen molar-refractivity contribution in [1.82, 2.24) is 4.98 Å². The maximum atomic E-state index is 11.1. The number of nitrogens with zero attached hydrogens (tertiary/aromatic N) is 1. The molecule has 0 saturated carbocycles. The summed E-state index contributed by atoms with van der Waals surface area (Å²) < 4.78 is 11.9. The molecule has 1 N–H and O–H groups in total. The number of thiazole rings is 1. The zero-order chi connectivity index (χ0) is 9.68. The zero-order valence-corrected chi connectivity index (χ0v) is 10.5. The summed E-state index contributed by atoms with van der Waals surface area (Å²) >= 11 is 4.81. The Balaban J connectivity index is 2.24. The Labute approximate surface area is 92.5 Å². The lowest BCUT2D eigenvalue weighted by Gasteiger charge is -2.00. The number of rotatable bonds is 5. The van der Waals surface area contributed by atoms with Gasteiger partial charge >= 0.3 is 0 Å². The van der Waals surface area contributed by atoms with Gasteiger partial charge in [0.1, 0.15) is 4.60 Å². The van der Waals surface area contributed by atoms with Crippen LogP contribution in [0.4, 0.5) is 5.13 Å². The smallest absolute Gasteiger partial charge is 0.183 e. The van der Waals surface area contributed by atoms with Gasteiger partial charge in [0.2, 0.25) is 0 Å². The summed E-state index contributed by atoms with van der Waals surface area (Å²) in [6, 6.07) is 0. The molecule has 0 aromatic carbocycles. The third kappa shape index (κ3) is 4.19. The Morgan fingerprint density at radius 1 is 1.77 bits per heavy atom. The summed E-state index contributed by atoms with van der Waals surface area (Å²) in [7, 11) is -0.691. The van der Waals surface area contributed by atoms with Gasteiger partial charge in [-0.25, -0.2) is 4.98 Å². The molecule has 0 saturated heterocycles. The van der Waals surface area contributed by atoms with Crippen LogP contribution in [0.5, 0.6) is 0 Å². The number of nitrogens with one attached hydrogen (secondary N) is 1. The van der Waals surface area contributed by atoms with Gasteiger partial charge in [-0.3, -0.25) is 4.21 Å². The van der Waals surface area contributed by atoms with E-state index in [-0.39, 0.29) is 0 Å². The molecule has 74 valence electrons. The first-order valence-electron chi connectivity index (χ1n) is 3.92. The fraction of sp³-hybridized carbons (Fsp3) is 0.571. The van der Waals surface area contributed by atoms with Crippen molar-refractivity contribution in [2.75, 3.05) is 23.4 Å². The van der Waals surface area contributed by atoms with E-state index in [9.17, 15) is 4.21 Å². The topological polar surface area (TPSA) is 42.0 Å². The predicted octanol–water partition coefficient (Wildman–Crippen LogP) is 2.09. The first-order valence-corrected chi connectivity index (χ1v) is 7.08. The lowest BCUT2D eigenvalue weighted by atomic mass is 10.7. The van der Waals surface area contributed by atoms with Crippen LogP contribution in [-0.4, -0.2) is 27.2 Å². The second kappa shape index (κ2) is 5.72. The van der Waals surface area contributed by atoms with E-state index in [1.807, 2.05) is 12.3 Å². The van der Waals surface area contributed by atoms with Gasteiger partial charge in [-0.15, -0.1) is 11.3 Å². The monoisotopic (exact) mass is 282 g/mol. The SMILES string of the molecule is CCS(=O)CCNc1nc(Br)cs1. The first-order chi connectivity index (χ1) is 6.22. The number of hydrogen-bond acceptors (Lipinski definition) is 4. The minimum atomic E-state index is -0.691. The minimum absolute atomic E-state index is 0.688. The molecule has 0 bridgehead atoms. The Bertz CT molecular complexity index is 290. The van der Waals surface area contributed by atoms with E-state index in [0.717, 1.165) is 22.0 Å². The van der Waals surface area contributed by atoms with Crippen LogP contribution in [0.2, 0.25) is 0 Å². The molecular formula is C7H11BrN2OS2. The number of anilines is 1. The van der Waals surface area contributed by atoms with Crippen molar-refractivity contribution < 1.29 is 4.21 Å². The molecule has 0 fully saturated rings. The van der Waals surface area contributed by atoms with E-state index >= 15 is 0 Å². The predicted molar refractivity (Wildman–Crippen MR) is 61.9 cm³/mol. The third-order valence-corrected chi connectivity index (χ3v) is 4.22. The Kier molecular flexibility index (Phi) is 4.90. The molecular weight excluding hydrogens is 272 g/mol. The molecule has 1 aromatic heterocycles. The third-order valence-electron chi connectivity index (χ3n) is 1.40. The van der Waals surface area contributed by atoms with E-state index in [4.69, 9.17) is 0 Å². The summed E-state index contributed by atoms with van der Waals surface area (Å²) in [4.78, 5) is 4.16. The molecule has 0 aliphatic carbocycles. The molecule has 0 spiro atoms. The molecule has 3 nitrogen and oxygen atoms in total. The Hall–Kier alpha value is 0.0600. The van der Waals surface area contributed by atoms with Gasteiger partial charge < -0.3 is 5.32 Å². The van der Waals surface area contributed by atoms with Crippen molar-refractivity contribution >= 4 is 43.2 Å². The van der Waals surface area contributed by atoms with Crippen LogP contribution in [-0.2, 0) is 10.8 Å². The molecule has 1 aromatic rings. The quantitative estimate of drug-likeness (QED) is 0.899. The first kappa shape index (κ1) is 11.1. The summed E-state index contributed by atoms with van der Waals surface area (Å²) in [5.74, 6) is 1.41. The molecule has 0 radical (unpaired) electrons. The van der Waals surface area contributed by atoms with Crippen molar-refractivity contribution in [2.24, 2.45) is 0 Å². The molecule has 1 rings (SSSR count). The van der Waals surface area contributed by atoms with E-state index in [1.165, 1.54) is 0 Å². The second-order valence-corrected chi connectivity index (χ2v) is 5.87. The van der Waals surface area contributed by atoms with Crippen molar-refractivity contribution in [2.45, 2.75) is 6.92 Å². The van der Waals surface area contributed by atoms with Crippen LogP contribution >= 0.6 is 27.3 Å². The number of aromatic nitrogens is 1. The van der Waals surface area contributed by atoms with Crippen LogP contribution in [0, 0.1) is 0 Å². The molecule has 1 unspecified atom stereocenters. The standard InChI is InChI=1S/C7H11BrN2OS2/c1-2-13(11)4-3-9-7-10-6(8)5-12-7/h5H,2-4H2,1H3,(H,9,10). The zero-order valence-electron chi connectivity index (χ0n) is 7.25. The van der Waals surface area contributed by atoms with Crippen molar-refractivity contribution in [1.29, 1.82) is 0 Å². The van der Waals surface area contributed by atoms with E-state index < -0.39 is 10.8 Å². The molecule has 0 aliphatic heterocycles. The molecule has 1 atom stereocenters. The summed E-state index contributed by atoms with van der Waals surface area (Å²) in [6.45, 7) is 2.65. The maximum absolute atomic E-state index is 11.1. The average molecular weight is 283 g/mol. The van der Waals surface area contributed by atoms with Crippen LogP contribution < -0.4 is 5.32 Å². The molecule has 13 heavy (non-hydrogen) atoms. The van der Waals surface area contributed by atoms with Gasteiger partial charge in [0.25, 0.3) is 0 Å². The normalized spacial score (nSPS) is 12.8. The highest BCUT2D eigenvalue weighted by Crippen LogP contribution is 2.18. The van der Waals surface area contributed by atoms with Gasteiger partial charge in [0, 0.05) is 34.2 Å². The van der Waals surface area contributed by atoms with Crippen molar-refractivity contribution in [3.63, 3.8) is 0 Å². The highest BCUT2D eigenvalue weighted by Gasteiger charge is 1.99. The average Bonchev–Trinajstić information content (AvgIpc) is 2.51. The van der Waals surface area contributed by atoms with Crippen LogP contribution in [0.1, 0.15) is 6.92 Å². The second-order valence-electron chi connectivity index (χ2n) is 2.33. The van der Waals surface area contributed by atoms with Crippen molar-refractivity contribution in [3.05, 3.63) is 9.98 Å². The number of halogens is 1. The lowest BCUT2D eigenvalue weighted by Crippen LogP contribution is -2.11. The molecule has 0 amide bonds. The molecule has 0 aliphatic rings.